The van der Waals surface area contributed by atoms with Crippen molar-refractivity contribution < 1.29 is 18.5 Å². The van der Waals surface area contributed by atoms with Crippen LogP contribution in [0, 0.1) is 5.82 Å². The lowest BCUT2D eigenvalue weighted by Gasteiger charge is -2.16. The lowest BCUT2D eigenvalue weighted by Crippen LogP contribution is -2.19. The Labute approximate surface area is 184 Å². The molecule has 2 aromatic heterocycles. The summed E-state index contributed by atoms with van der Waals surface area (Å²) in [5.74, 6) is -0.721. The highest BCUT2D eigenvalue weighted by Gasteiger charge is 2.51. The van der Waals surface area contributed by atoms with Gasteiger partial charge in [0, 0.05) is 17.2 Å². The van der Waals surface area contributed by atoms with Crippen molar-refractivity contribution in [1.29, 1.82) is 0 Å². The van der Waals surface area contributed by atoms with E-state index in [2.05, 4.69) is 9.68 Å². The molecule has 2 heterocycles. The summed E-state index contributed by atoms with van der Waals surface area (Å²) >= 11 is 0.761. The quantitative estimate of drug-likeness (QED) is 0.638. The third kappa shape index (κ3) is 3.49. The first-order chi connectivity index (χ1) is 14.5. The van der Waals surface area contributed by atoms with Gasteiger partial charge in [0.1, 0.15) is 10.0 Å². The third-order valence-corrected chi connectivity index (χ3v) is 9.81. The molecule has 0 bridgehead atoms. The van der Waals surface area contributed by atoms with Crippen LogP contribution in [0.2, 0.25) is 0 Å². The zero-order valence-electron chi connectivity index (χ0n) is 17.5. The van der Waals surface area contributed by atoms with Crippen LogP contribution in [0.3, 0.4) is 0 Å². The molecule has 1 saturated carbocycles. The van der Waals surface area contributed by atoms with Crippen LogP contribution in [0.5, 0.6) is 0 Å². The molecular weight excluding hydrogens is 439 g/mol. The van der Waals surface area contributed by atoms with Crippen LogP contribution in [0.4, 0.5) is 14.9 Å². The largest absolute Gasteiger partial charge is 0.385 e. The number of anilines is 1. The SMILES string of the molecule is CC(C)(O)c1sc(S(N)(=O)=NC(=O)Nc2c3c(nc4c2CCC42CC2)CCC3)cc1F. The number of hydrogen-bond acceptors (Lipinski definition) is 5. The number of rotatable bonds is 3. The van der Waals surface area contributed by atoms with Crippen molar-refractivity contribution in [1.82, 2.24) is 4.98 Å². The van der Waals surface area contributed by atoms with Crippen molar-refractivity contribution >= 4 is 33.0 Å². The minimum atomic E-state index is -3.67. The molecule has 0 saturated heterocycles. The summed E-state index contributed by atoms with van der Waals surface area (Å²) in [5, 5.41) is 18.8. The molecule has 2 aromatic rings. The first kappa shape index (κ1) is 21.0. The second-order valence-corrected chi connectivity index (χ2v) is 12.3. The van der Waals surface area contributed by atoms with E-state index in [0.29, 0.717) is 0 Å². The standard InChI is InChI=1S/C21H25FN4O3S2/c1-20(2,28)18-13(22)10-15(30-18)31(23,29)26-19(27)25-16-11-4-3-5-14(11)24-17-12(16)6-7-21(17)8-9-21/h10,28H,3-9H2,1-2H3,(H3,23,24,25,26,27,29). The van der Waals surface area contributed by atoms with E-state index in [4.69, 9.17) is 10.1 Å². The maximum Gasteiger partial charge on any atom is 0.354 e. The van der Waals surface area contributed by atoms with Crippen LogP contribution in [0.1, 0.15) is 66.9 Å². The zero-order chi connectivity index (χ0) is 22.2. The van der Waals surface area contributed by atoms with Gasteiger partial charge >= 0.3 is 6.03 Å². The summed E-state index contributed by atoms with van der Waals surface area (Å²) in [4.78, 5) is 17.7. The number of nitrogens with two attached hydrogens (primary N) is 1. The molecule has 1 unspecified atom stereocenters. The summed E-state index contributed by atoms with van der Waals surface area (Å²) in [6.45, 7) is 2.84. The van der Waals surface area contributed by atoms with Crippen molar-refractivity contribution in [3.63, 3.8) is 0 Å². The molecule has 7 nitrogen and oxygen atoms in total. The lowest BCUT2D eigenvalue weighted by molar-refractivity contribution is 0.0789. The number of nitrogens with one attached hydrogen (secondary N) is 1. The van der Waals surface area contributed by atoms with Crippen LogP contribution in [0.25, 0.3) is 0 Å². The van der Waals surface area contributed by atoms with E-state index in [9.17, 15) is 18.5 Å². The number of fused-ring (bicyclic) bond motifs is 3. The number of aryl methyl sites for hydroxylation is 1. The van der Waals surface area contributed by atoms with E-state index >= 15 is 0 Å². The number of nitrogens with zero attached hydrogens (tertiary/aromatic N) is 2. The molecule has 0 radical (unpaired) electrons. The molecule has 166 valence electrons. The first-order valence-corrected chi connectivity index (χ1v) is 12.8. The number of aliphatic hydroxyl groups is 1. The smallest absolute Gasteiger partial charge is 0.354 e. The third-order valence-electron chi connectivity index (χ3n) is 6.49. The molecule has 31 heavy (non-hydrogen) atoms. The summed E-state index contributed by atoms with van der Waals surface area (Å²) in [7, 11) is -3.67. The van der Waals surface area contributed by atoms with Gasteiger partial charge in [0.15, 0.2) is 9.92 Å². The molecule has 1 spiro atoms. The highest BCUT2D eigenvalue weighted by Crippen LogP contribution is 2.58. The highest BCUT2D eigenvalue weighted by molar-refractivity contribution is 7.93. The Morgan fingerprint density at radius 1 is 1.32 bits per heavy atom. The second kappa shape index (κ2) is 6.81. The molecule has 2 amide bonds. The van der Waals surface area contributed by atoms with E-state index in [1.54, 1.807) is 0 Å². The molecule has 4 N–H and O–H groups in total. The Morgan fingerprint density at radius 3 is 2.71 bits per heavy atom. The molecule has 3 aliphatic carbocycles. The van der Waals surface area contributed by atoms with Gasteiger partial charge in [-0.25, -0.2) is 18.5 Å². The van der Waals surface area contributed by atoms with Gasteiger partial charge in [0.05, 0.1) is 21.9 Å². The van der Waals surface area contributed by atoms with Gasteiger partial charge in [0.2, 0.25) is 0 Å². The van der Waals surface area contributed by atoms with Crippen LogP contribution in [-0.2, 0) is 40.2 Å². The number of halogens is 1. The average Bonchev–Trinajstić information content (AvgIpc) is 3.00. The predicted octanol–water partition coefficient (Wildman–Crippen LogP) is 3.91. The maximum atomic E-state index is 14.2. The average molecular weight is 465 g/mol. The van der Waals surface area contributed by atoms with Gasteiger partial charge in [-0.1, -0.05) is 0 Å². The zero-order valence-corrected chi connectivity index (χ0v) is 19.1. The van der Waals surface area contributed by atoms with Gasteiger partial charge < -0.3 is 10.4 Å². The van der Waals surface area contributed by atoms with E-state index in [1.165, 1.54) is 13.8 Å². The first-order valence-electron chi connectivity index (χ1n) is 10.4. The molecule has 0 aromatic carbocycles. The van der Waals surface area contributed by atoms with E-state index < -0.39 is 27.4 Å². The molecular formula is C21H25FN4O3S2. The van der Waals surface area contributed by atoms with Crippen molar-refractivity contribution in [3.05, 3.63) is 39.3 Å². The predicted molar refractivity (Wildman–Crippen MR) is 117 cm³/mol. The van der Waals surface area contributed by atoms with E-state index in [-0.39, 0.29) is 14.5 Å². The minimum Gasteiger partial charge on any atom is -0.385 e. The van der Waals surface area contributed by atoms with Crippen LogP contribution in [0.15, 0.2) is 14.6 Å². The minimum absolute atomic E-state index is 0.00390. The molecule has 1 atom stereocenters. The molecule has 10 heteroatoms. The molecule has 5 rings (SSSR count). The van der Waals surface area contributed by atoms with Crippen molar-refractivity contribution in [2.45, 2.75) is 74.0 Å². The topological polar surface area (TPSA) is 118 Å². The summed E-state index contributed by atoms with van der Waals surface area (Å²) in [6.07, 6.45) is 6.87. The maximum absolute atomic E-state index is 14.2. The van der Waals surface area contributed by atoms with Gasteiger partial charge in [-0.05, 0) is 69.9 Å². The molecule has 0 aliphatic heterocycles. The summed E-state index contributed by atoms with van der Waals surface area (Å²) in [6, 6.07) is 0.167. The molecule has 1 fully saturated rings. The fraction of sp³-hybridized carbons (Fsp3) is 0.524. The van der Waals surface area contributed by atoms with Gasteiger partial charge in [-0.15, -0.1) is 15.7 Å². The Bertz CT molecular complexity index is 1230. The number of carbonyl (C=O) groups excluding carboxylic acids is 1. The normalized spacial score (nSPS) is 20.3. The number of carbonyl (C=O) groups is 1. The Kier molecular flexibility index (Phi) is 4.61. The van der Waals surface area contributed by atoms with Crippen LogP contribution < -0.4 is 10.5 Å². The van der Waals surface area contributed by atoms with E-state index in [1.807, 2.05) is 0 Å². The van der Waals surface area contributed by atoms with Crippen molar-refractivity contribution in [3.8, 4) is 0 Å². The fourth-order valence-electron chi connectivity index (χ4n) is 4.78. The van der Waals surface area contributed by atoms with Crippen LogP contribution >= 0.6 is 11.3 Å². The number of thiophene rings is 1. The van der Waals surface area contributed by atoms with Crippen molar-refractivity contribution in [2.24, 2.45) is 9.50 Å². The number of amides is 2. The summed E-state index contributed by atoms with van der Waals surface area (Å²) < 4.78 is 30.8. The second-order valence-electron chi connectivity index (χ2n) is 9.26. The van der Waals surface area contributed by atoms with Crippen molar-refractivity contribution in [2.75, 3.05) is 5.32 Å². The Balaban J connectivity index is 1.49. The number of urea groups is 1. The number of pyridine rings is 1. The lowest BCUT2D eigenvalue weighted by atomic mass is 10.0. The highest BCUT2D eigenvalue weighted by atomic mass is 32.2. The Morgan fingerprint density at radius 2 is 2.06 bits per heavy atom. The number of hydrogen-bond donors (Lipinski definition) is 3. The number of aromatic nitrogens is 1. The van der Waals surface area contributed by atoms with Gasteiger partial charge in [-0.2, -0.15) is 0 Å². The Hall–Kier alpha value is -1.88. The summed E-state index contributed by atoms with van der Waals surface area (Å²) in [5.41, 5.74) is 3.71. The van der Waals surface area contributed by atoms with E-state index in [0.717, 1.165) is 90.6 Å². The van der Waals surface area contributed by atoms with Gasteiger partial charge in [0.25, 0.3) is 0 Å². The fourth-order valence-corrected chi connectivity index (χ4v) is 7.05. The van der Waals surface area contributed by atoms with Gasteiger partial charge in [-0.3, -0.25) is 4.98 Å². The van der Waals surface area contributed by atoms with Crippen LogP contribution in [-0.4, -0.2) is 20.3 Å². The monoisotopic (exact) mass is 464 g/mol. The molecule has 3 aliphatic rings.